The zero-order valence-corrected chi connectivity index (χ0v) is 13.5. The second-order valence-corrected chi connectivity index (χ2v) is 6.13. The zero-order valence-electron chi connectivity index (χ0n) is 12.0. The van der Waals surface area contributed by atoms with Crippen molar-refractivity contribution in [2.75, 3.05) is 26.2 Å². The molecule has 0 aromatic heterocycles. The van der Waals surface area contributed by atoms with Gasteiger partial charge in [0.25, 0.3) is 0 Å². The maximum atomic E-state index is 12.4. The van der Waals surface area contributed by atoms with E-state index in [1.54, 1.807) is 12.1 Å². The molecule has 0 atom stereocenters. The lowest BCUT2D eigenvalue weighted by atomic mass is 10.2. The molecule has 6 heteroatoms. The van der Waals surface area contributed by atoms with E-state index in [2.05, 4.69) is 30.9 Å². The Balaban J connectivity index is 1.74. The molecule has 1 heterocycles. The van der Waals surface area contributed by atoms with Crippen LogP contribution in [0.1, 0.15) is 24.8 Å². The normalized spacial score (nSPS) is 15.8. The fourth-order valence-corrected chi connectivity index (χ4v) is 2.96. The number of halogens is 3. The summed E-state index contributed by atoms with van der Waals surface area (Å²) in [5.41, 5.74) is 0.742. The summed E-state index contributed by atoms with van der Waals surface area (Å²) >= 11 is 3.35. The first-order valence-electron chi connectivity index (χ1n) is 7.31. The summed E-state index contributed by atoms with van der Waals surface area (Å²) < 4.78 is 30.1. The minimum absolute atomic E-state index is 0.236. The summed E-state index contributed by atoms with van der Waals surface area (Å²) in [4.78, 5) is 2.46. The molecule has 0 aliphatic carbocycles. The summed E-state index contributed by atoms with van der Waals surface area (Å²) in [7, 11) is 0. The van der Waals surface area contributed by atoms with Gasteiger partial charge in [0.2, 0.25) is 0 Å². The first-order chi connectivity index (χ1) is 10.1. The molecule has 21 heavy (non-hydrogen) atoms. The van der Waals surface area contributed by atoms with Gasteiger partial charge < -0.3 is 15.0 Å². The highest BCUT2D eigenvalue weighted by atomic mass is 79.9. The zero-order chi connectivity index (χ0) is 15.1. The van der Waals surface area contributed by atoms with Gasteiger partial charge in [-0.2, -0.15) is 8.78 Å². The standard InChI is InChI=1S/C15H21BrF2N2O/c16-13-4-5-14(21-15(17)18)12(10-13)11-19-6-3-9-20-7-1-2-8-20/h4-5,10,15,19H,1-3,6-9,11H2. The van der Waals surface area contributed by atoms with Crippen LogP contribution in [0, 0.1) is 0 Å². The summed E-state index contributed by atoms with van der Waals surface area (Å²) in [5, 5.41) is 3.29. The molecule has 1 N–H and O–H groups in total. The van der Waals surface area contributed by atoms with Gasteiger partial charge >= 0.3 is 6.61 Å². The Morgan fingerprint density at radius 2 is 2.05 bits per heavy atom. The van der Waals surface area contributed by atoms with Crippen LogP contribution >= 0.6 is 15.9 Å². The van der Waals surface area contributed by atoms with Crippen LogP contribution in [0.25, 0.3) is 0 Å². The molecule has 1 aliphatic heterocycles. The second kappa shape index (κ2) is 8.66. The van der Waals surface area contributed by atoms with Gasteiger partial charge in [-0.15, -0.1) is 0 Å². The first-order valence-corrected chi connectivity index (χ1v) is 8.11. The Hall–Kier alpha value is -0.720. The summed E-state index contributed by atoms with van der Waals surface area (Å²) in [6, 6.07) is 5.08. The van der Waals surface area contributed by atoms with Gasteiger partial charge in [-0.05, 0) is 63.6 Å². The largest absolute Gasteiger partial charge is 0.434 e. The van der Waals surface area contributed by atoms with Crippen LogP contribution in [0.3, 0.4) is 0 Å². The van der Waals surface area contributed by atoms with Gasteiger partial charge in [0, 0.05) is 16.6 Å². The van der Waals surface area contributed by atoms with Gasteiger partial charge in [-0.3, -0.25) is 0 Å². The van der Waals surface area contributed by atoms with Crippen molar-refractivity contribution in [2.45, 2.75) is 32.4 Å². The molecule has 1 aromatic rings. The number of hydrogen-bond acceptors (Lipinski definition) is 3. The Morgan fingerprint density at radius 1 is 1.29 bits per heavy atom. The number of nitrogens with one attached hydrogen (secondary N) is 1. The first kappa shape index (κ1) is 16.6. The van der Waals surface area contributed by atoms with Crippen LogP contribution in [0.2, 0.25) is 0 Å². The minimum Gasteiger partial charge on any atom is -0.434 e. The van der Waals surface area contributed by atoms with Crippen LogP contribution in [0.5, 0.6) is 5.75 Å². The molecule has 0 unspecified atom stereocenters. The predicted molar refractivity (Wildman–Crippen MR) is 82.8 cm³/mol. The molecular formula is C15H21BrF2N2O. The van der Waals surface area contributed by atoms with E-state index in [0.717, 1.165) is 29.5 Å². The van der Waals surface area contributed by atoms with Crippen molar-refractivity contribution in [1.29, 1.82) is 0 Å². The second-order valence-electron chi connectivity index (χ2n) is 5.21. The minimum atomic E-state index is -2.79. The molecule has 1 fully saturated rings. The van der Waals surface area contributed by atoms with E-state index in [4.69, 9.17) is 0 Å². The van der Waals surface area contributed by atoms with Crippen LogP contribution in [-0.4, -0.2) is 37.7 Å². The molecule has 0 radical (unpaired) electrons. The average molecular weight is 363 g/mol. The number of alkyl halides is 2. The Labute approximate surface area is 132 Å². The highest BCUT2D eigenvalue weighted by molar-refractivity contribution is 9.10. The molecule has 1 aromatic carbocycles. The number of nitrogens with zero attached hydrogens (tertiary/aromatic N) is 1. The third kappa shape index (κ3) is 5.88. The molecular weight excluding hydrogens is 342 g/mol. The summed E-state index contributed by atoms with van der Waals surface area (Å²) in [6.45, 7) is 2.13. The maximum Gasteiger partial charge on any atom is 0.387 e. The van der Waals surface area contributed by atoms with E-state index >= 15 is 0 Å². The van der Waals surface area contributed by atoms with Crippen molar-refractivity contribution in [3.63, 3.8) is 0 Å². The molecule has 118 valence electrons. The SMILES string of the molecule is FC(F)Oc1ccc(Br)cc1CNCCCN1CCCC1. The van der Waals surface area contributed by atoms with E-state index in [1.165, 1.54) is 25.9 Å². The molecule has 0 amide bonds. The topological polar surface area (TPSA) is 24.5 Å². The van der Waals surface area contributed by atoms with Crippen LogP contribution in [0.4, 0.5) is 8.78 Å². The Kier molecular flexibility index (Phi) is 6.86. The predicted octanol–water partition coefficient (Wildman–Crippen LogP) is 3.63. The molecule has 1 aliphatic rings. The van der Waals surface area contributed by atoms with E-state index < -0.39 is 6.61 Å². The summed E-state index contributed by atoms with van der Waals surface area (Å²) in [5.74, 6) is 0.236. The van der Waals surface area contributed by atoms with Gasteiger partial charge in [0.15, 0.2) is 0 Å². The van der Waals surface area contributed by atoms with Crippen LogP contribution in [0.15, 0.2) is 22.7 Å². The third-order valence-electron chi connectivity index (χ3n) is 3.58. The van der Waals surface area contributed by atoms with Gasteiger partial charge in [0.1, 0.15) is 5.75 Å². The van der Waals surface area contributed by atoms with Gasteiger partial charge in [-0.1, -0.05) is 15.9 Å². The quantitative estimate of drug-likeness (QED) is 0.714. The molecule has 1 saturated heterocycles. The number of hydrogen-bond donors (Lipinski definition) is 1. The Bertz CT molecular complexity index is 440. The lowest BCUT2D eigenvalue weighted by Crippen LogP contribution is -2.24. The lowest BCUT2D eigenvalue weighted by Gasteiger charge is -2.15. The molecule has 0 spiro atoms. The van der Waals surface area contributed by atoms with E-state index in [0.29, 0.717) is 6.54 Å². The van der Waals surface area contributed by atoms with Gasteiger partial charge in [-0.25, -0.2) is 0 Å². The average Bonchev–Trinajstić information content (AvgIpc) is 2.94. The van der Waals surface area contributed by atoms with E-state index in [-0.39, 0.29) is 5.75 Å². The smallest absolute Gasteiger partial charge is 0.387 e. The molecule has 0 bridgehead atoms. The van der Waals surface area contributed by atoms with Crippen molar-refractivity contribution >= 4 is 15.9 Å². The number of rotatable bonds is 8. The van der Waals surface area contributed by atoms with Crippen molar-refractivity contribution in [1.82, 2.24) is 10.2 Å². The van der Waals surface area contributed by atoms with Gasteiger partial charge in [0.05, 0.1) is 0 Å². The fourth-order valence-electron chi connectivity index (χ4n) is 2.55. The lowest BCUT2D eigenvalue weighted by molar-refractivity contribution is -0.0505. The molecule has 3 nitrogen and oxygen atoms in total. The van der Waals surface area contributed by atoms with Crippen molar-refractivity contribution in [3.05, 3.63) is 28.2 Å². The van der Waals surface area contributed by atoms with Crippen LogP contribution < -0.4 is 10.1 Å². The number of likely N-dealkylation sites (tertiary alicyclic amines) is 1. The van der Waals surface area contributed by atoms with E-state index in [9.17, 15) is 8.78 Å². The number of benzene rings is 1. The molecule has 0 saturated carbocycles. The highest BCUT2D eigenvalue weighted by Gasteiger charge is 2.11. The fraction of sp³-hybridized carbons (Fsp3) is 0.600. The van der Waals surface area contributed by atoms with Crippen molar-refractivity contribution < 1.29 is 13.5 Å². The highest BCUT2D eigenvalue weighted by Crippen LogP contribution is 2.24. The van der Waals surface area contributed by atoms with E-state index in [1.807, 2.05) is 6.07 Å². The monoisotopic (exact) mass is 362 g/mol. The van der Waals surface area contributed by atoms with Crippen molar-refractivity contribution in [3.8, 4) is 5.75 Å². The summed E-state index contributed by atoms with van der Waals surface area (Å²) in [6.07, 6.45) is 3.68. The van der Waals surface area contributed by atoms with Crippen LogP contribution in [-0.2, 0) is 6.54 Å². The molecule has 2 rings (SSSR count). The Morgan fingerprint density at radius 3 is 2.76 bits per heavy atom. The third-order valence-corrected chi connectivity index (χ3v) is 4.07. The van der Waals surface area contributed by atoms with Crippen molar-refractivity contribution in [2.24, 2.45) is 0 Å². The maximum absolute atomic E-state index is 12.4. The number of ether oxygens (including phenoxy) is 1.